The fourth-order valence-corrected chi connectivity index (χ4v) is 4.96. The quantitative estimate of drug-likeness (QED) is 0.442. The normalized spacial score (nSPS) is 16.4. The summed E-state index contributed by atoms with van der Waals surface area (Å²) in [6.07, 6.45) is 6.90. The molecule has 1 N–H and O–H groups in total. The van der Waals surface area contributed by atoms with E-state index in [1.807, 2.05) is 17.0 Å². The molecular weight excluding hydrogens is 473 g/mol. The van der Waals surface area contributed by atoms with Gasteiger partial charge >= 0.3 is 0 Å². The summed E-state index contributed by atoms with van der Waals surface area (Å²) in [6, 6.07) is 8.52. The second-order valence-electron chi connectivity index (χ2n) is 9.26. The summed E-state index contributed by atoms with van der Waals surface area (Å²) in [5.41, 5.74) is 3.91. The molecule has 0 spiro atoms. The second-order valence-corrected chi connectivity index (χ2v) is 9.26. The van der Waals surface area contributed by atoms with Crippen molar-refractivity contribution >= 4 is 28.7 Å². The molecule has 190 valence electrons. The highest BCUT2D eigenvalue weighted by Gasteiger charge is 2.24. The predicted molar refractivity (Wildman–Crippen MR) is 139 cm³/mol. The first kappa shape index (κ1) is 23.3. The van der Waals surface area contributed by atoms with Gasteiger partial charge in [0.05, 0.1) is 6.33 Å². The van der Waals surface area contributed by atoms with Crippen LogP contribution in [-0.2, 0) is 11.3 Å². The Morgan fingerprint density at radius 2 is 1.70 bits per heavy atom. The molecule has 0 aliphatic carbocycles. The number of aromatic nitrogens is 5. The minimum Gasteiger partial charge on any atom is -0.367 e. The molecule has 11 heteroatoms. The molecule has 2 aliphatic heterocycles. The summed E-state index contributed by atoms with van der Waals surface area (Å²) in [6.45, 7) is 6.18. The first-order valence-corrected chi connectivity index (χ1v) is 12.5. The highest BCUT2D eigenvalue weighted by Crippen LogP contribution is 2.32. The van der Waals surface area contributed by atoms with E-state index in [0.717, 1.165) is 48.5 Å². The van der Waals surface area contributed by atoms with Crippen LogP contribution in [0.3, 0.4) is 0 Å². The fourth-order valence-electron chi connectivity index (χ4n) is 4.96. The van der Waals surface area contributed by atoms with Gasteiger partial charge in [-0.2, -0.15) is 0 Å². The molecule has 10 nitrogen and oxygen atoms in total. The number of anilines is 2. The van der Waals surface area contributed by atoms with Crippen LogP contribution in [0.25, 0.3) is 22.3 Å². The number of amides is 1. The van der Waals surface area contributed by atoms with Crippen molar-refractivity contribution in [1.29, 1.82) is 0 Å². The van der Waals surface area contributed by atoms with Crippen molar-refractivity contribution in [1.82, 2.24) is 34.7 Å². The van der Waals surface area contributed by atoms with Crippen molar-refractivity contribution in [3.8, 4) is 11.1 Å². The molecule has 0 bridgehead atoms. The lowest BCUT2D eigenvalue weighted by Crippen LogP contribution is -2.49. The summed E-state index contributed by atoms with van der Waals surface area (Å²) >= 11 is 0. The van der Waals surface area contributed by atoms with Crippen LogP contribution in [0.15, 0.2) is 55.2 Å². The van der Waals surface area contributed by atoms with Gasteiger partial charge < -0.3 is 24.6 Å². The lowest BCUT2D eigenvalue weighted by atomic mass is 10.0. The molecule has 37 heavy (non-hydrogen) atoms. The van der Waals surface area contributed by atoms with Crippen LogP contribution >= 0.6 is 0 Å². The van der Waals surface area contributed by atoms with Gasteiger partial charge in [0.25, 0.3) is 0 Å². The fraction of sp³-hybridized carbons (Fsp3) is 0.346. The number of nitrogens with zero attached hydrogens (tertiary/aromatic N) is 8. The Hall–Kier alpha value is -4.12. The summed E-state index contributed by atoms with van der Waals surface area (Å²) in [5, 5.41) is 3.32. The van der Waals surface area contributed by atoms with E-state index in [4.69, 9.17) is 0 Å². The molecule has 1 aromatic carbocycles. The third-order valence-electron chi connectivity index (χ3n) is 6.96. The Morgan fingerprint density at radius 1 is 0.919 bits per heavy atom. The summed E-state index contributed by atoms with van der Waals surface area (Å²) < 4.78 is 16.1. The average Bonchev–Trinajstić information content (AvgIpc) is 3.36. The van der Waals surface area contributed by atoms with E-state index in [9.17, 15) is 9.18 Å². The van der Waals surface area contributed by atoms with E-state index >= 15 is 0 Å². The van der Waals surface area contributed by atoms with E-state index in [-0.39, 0.29) is 18.3 Å². The van der Waals surface area contributed by atoms with Crippen LogP contribution in [-0.4, -0.2) is 87.7 Å². The Bertz CT molecular complexity index is 1390. The number of halogens is 1. The monoisotopic (exact) mass is 501 g/mol. The first-order chi connectivity index (χ1) is 18.2. The molecule has 6 rings (SSSR count). The number of rotatable bonds is 5. The Labute approximate surface area is 213 Å². The van der Waals surface area contributed by atoms with E-state index in [1.54, 1.807) is 35.6 Å². The van der Waals surface area contributed by atoms with Crippen LogP contribution in [0.1, 0.15) is 0 Å². The number of nitrogens with one attached hydrogen (secondary N) is 1. The molecule has 2 saturated heterocycles. The Balaban J connectivity index is 1.15. The molecule has 0 atom stereocenters. The predicted octanol–water partition coefficient (Wildman–Crippen LogP) is 1.79. The lowest BCUT2D eigenvalue weighted by molar-refractivity contribution is -0.132. The molecule has 5 heterocycles. The molecule has 3 aromatic heterocycles. The average molecular weight is 502 g/mol. The number of benzene rings is 1. The number of carbonyl (C=O) groups is 1. The van der Waals surface area contributed by atoms with E-state index < -0.39 is 0 Å². The van der Waals surface area contributed by atoms with E-state index in [0.29, 0.717) is 37.8 Å². The maximum absolute atomic E-state index is 14.3. The highest BCUT2D eigenvalue weighted by atomic mass is 19.1. The highest BCUT2D eigenvalue weighted by molar-refractivity contribution is 5.80. The van der Waals surface area contributed by atoms with Crippen LogP contribution in [0, 0.1) is 5.82 Å². The van der Waals surface area contributed by atoms with Gasteiger partial charge in [-0.25, -0.2) is 24.3 Å². The van der Waals surface area contributed by atoms with Crippen molar-refractivity contribution in [2.75, 3.05) is 62.2 Å². The van der Waals surface area contributed by atoms with Crippen LogP contribution in [0.2, 0.25) is 0 Å². The van der Waals surface area contributed by atoms with Crippen LogP contribution in [0.4, 0.5) is 16.0 Å². The molecule has 0 radical (unpaired) electrons. The molecular formula is C26H28FN9O. The summed E-state index contributed by atoms with van der Waals surface area (Å²) in [5.74, 6) is 0.414. The largest absolute Gasteiger partial charge is 0.367 e. The maximum atomic E-state index is 14.3. The first-order valence-electron chi connectivity index (χ1n) is 12.5. The maximum Gasteiger partial charge on any atom is 0.242 e. The zero-order valence-electron chi connectivity index (χ0n) is 20.4. The number of imidazole rings is 1. The topological polar surface area (TPSA) is 95.3 Å². The Morgan fingerprint density at radius 3 is 2.49 bits per heavy atom. The van der Waals surface area contributed by atoms with E-state index in [2.05, 4.69) is 35.1 Å². The van der Waals surface area contributed by atoms with Crippen molar-refractivity contribution in [3.63, 3.8) is 0 Å². The summed E-state index contributed by atoms with van der Waals surface area (Å²) in [7, 11) is 0. The number of fused-ring (bicyclic) bond motifs is 1. The third-order valence-corrected chi connectivity index (χ3v) is 6.96. The molecule has 0 saturated carbocycles. The molecule has 2 aliphatic rings. The SMILES string of the molecule is O=C(Cn1cnc2cccnc21)N1CCN(c2ccc(F)cc2-c2cnc(N3CCNCC3)nc2)CC1. The number of piperazine rings is 2. The molecule has 2 fully saturated rings. The van der Waals surface area contributed by atoms with Crippen LogP contribution in [0.5, 0.6) is 0 Å². The number of carbonyl (C=O) groups excluding carboxylic acids is 1. The molecule has 4 aromatic rings. The van der Waals surface area contributed by atoms with Gasteiger partial charge in [-0.15, -0.1) is 0 Å². The van der Waals surface area contributed by atoms with Gasteiger partial charge in [-0.05, 0) is 30.3 Å². The van der Waals surface area contributed by atoms with Crippen molar-refractivity contribution in [3.05, 3.63) is 61.1 Å². The Kier molecular flexibility index (Phi) is 6.35. The summed E-state index contributed by atoms with van der Waals surface area (Å²) in [4.78, 5) is 37.0. The smallest absolute Gasteiger partial charge is 0.242 e. The second kappa shape index (κ2) is 10.1. The van der Waals surface area contributed by atoms with E-state index in [1.165, 1.54) is 12.1 Å². The molecule has 1 amide bonds. The lowest BCUT2D eigenvalue weighted by Gasteiger charge is -2.37. The number of pyridine rings is 1. The zero-order chi connectivity index (χ0) is 25.2. The van der Waals surface area contributed by atoms with Gasteiger partial charge in [-0.3, -0.25) is 4.79 Å². The van der Waals surface area contributed by atoms with Gasteiger partial charge in [-0.1, -0.05) is 0 Å². The van der Waals surface area contributed by atoms with Gasteiger partial charge in [0.15, 0.2) is 5.65 Å². The zero-order valence-corrected chi connectivity index (χ0v) is 20.4. The number of hydrogen-bond donors (Lipinski definition) is 1. The van der Waals surface area contributed by atoms with Crippen LogP contribution < -0.4 is 15.1 Å². The van der Waals surface area contributed by atoms with Gasteiger partial charge in [0.1, 0.15) is 17.9 Å². The van der Waals surface area contributed by atoms with Gasteiger partial charge in [0.2, 0.25) is 11.9 Å². The molecule has 0 unspecified atom stereocenters. The van der Waals surface area contributed by atoms with Crippen molar-refractivity contribution in [2.45, 2.75) is 6.54 Å². The third kappa shape index (κ3) is 4.82. The minimum absolute atomic E-state index is 0.0286. The van der Waals surface area contributed by atoms with Crippen molar-refractivity contribution < 1.29 is 9.18 Å². The van der Waals surface area contributed by atoms with Crippen molar-refractivity contribution in [2.24, 2.45) is 0 Å². The standard InChI is InChI=1S/C26H28FN9O/c27-20-3-4-23(21(14-20)19-15-30-26(31-16-19)35-8-6-28-7-9-35)33-10-12-34(13-11-33)24(37)17-36-18-32-22-2-1-5-29-25(22)36/h1-5,14-16,18,28H,6-13,17H2. The minimum atomic E-state index is -0.306. The number of hydrogen-bond acceptors (Lipinski definition) is 8. The van der Waals surface area contributed by atoms with Gasteiger partial charge in [0, 0.05) is 87.8 Å².